The molecule has 3 heterocycles. The van der Waals surface area contributed by atoms with Crippen molar-refractivity contribution in [2.24, 2.45) is 0 Å². The fraction of sp³-hybridized carbons (Fsp3) is 0.0357. The predicted octanol–water partition coefficient (Wildman–Crippen LogP) is 6.26. The quantitative estimate of drug-likeness (QED) is 0.226. The molecule has 0 fully saturated rings. The van der Waals surface area contributed by atoms with E-state index in [-0.39, 0.29) is 21.1 Å². The van der Waals surface area contributed by atoms with Gasteiger partial charge < -0.3 is 0 Å². The van der Waals surface area contributed by atoms with Gasteiger partial charge in [0, 0.05) is 33.0 Å². The number of aromatic nitrogens is 3. The third-order valence-electron chi connectivity index (χ3n) is 5.07. The number of benzene rings is 2. The molecule has 32 heavy (non-hydrogen) atoms. The van der Waals surface area contributed by atoms with Crippen molar-refractivity contribution < 1.29 is 21.1 Å². The van der Waals surface area contributed by atoms with Gasteiger partial charge in [0.2, 0.25) is 0 Å². The van der Waals surface area contributed by atoms with Crippen molar-refractivity contribution in [3.8, 4) is 33.9 Å². The molecule has 0 saturated heterocycles. The zero-order chi connectivity index (χ0) is 20.9. The summed E-state index contributed by atoms with van der Waals surface area (Å²) < 4.78 is 0. The van der Waals surface area contributed by atoms with Gasteiger partial charge in [-0.1, -0.05) is 42.5 Å². The van der Waals surface area contributed by atoms with Crippen LogP contribution < -0.4 is 0 Å². The Balaban J connectivity index is 0.00000245. The van der Waals surface area contributed by atoms with E-state index >= 15 is 0 Å². The second kappa shape index (κ2) is 10.3. The maximum atomic E-state index is 4.96. The van der Waals surface area contributed by atoms with Gasteiger partial charge in [-0.2, -0.15) is 35.9 Å². The van der Waals surface area contributed by atoms with Crippen molar-refractivity contribution in [3.05, 3.63) is 127 Å². The van der Waals surface area contributed by atoms with Crippen LogP contribution in [0.4, 0.5) is 0 Å². The SMILES string of the molecule is [Pt].[c-]1ccccc1Cc1cc(-c2ccccc2)cc(-c2cccc(-c3ccccn3)n2)n1. The number of hydrogen-bond acceptors (Lipinski definition) is 3. The predicted molar refractivity (Wildman–Crippen MR) is 124 cm³/mol. The fourth-order valence-electron chi connectivity index (χ4n) is 3.58. The van der Waals surface area contributed by atoms with Crippen LogP contribution in [0.1, 0.15) is 11.3 Å². The molecule has 0 bridgehead atoms. The Morgan fingerprint density at radius 2 is 1.34 bits per heavy atom. The van der Waals surface area contributed by atoms with Crippen molar-refractivity contribution >= 4 is 0 Å². The molecular formula is C28H20N3Pt-. The summed E-state index contributed by atoms with van der Waals surface area (Å²) in [6, 6.07) is 37.8. The third-order valence-corrected chi connectivity index (χ3v) is 5.07. The molecular weight excluding hydrogens is 573 g/mol. The van der Waals surface area contributed by atoms with Gasteiger partial charge in [-0.3, -0.25) is 9.97 Å². The Labute approximate surface area is 202 Å². The summed E-state index contributed by atoms with van der Waals surface area (Å²) in [5.41, 5.74) is 7.76. The van der Waals surface area contributed by atoms with E-state index in [0.29, 0.717) is 6.42 Å². The van der Waals surface area contributed by atoms with E-state index in [9.17, 15) is 0 Å². The van der Waals surface area contributed by atoms with Crippen LogP contribution in [0, 0.1) is 6.07 Å². The number of rotatable bonds is 5. The summed E-state index contributed by atoms with van der Waals surface area (Å²) in [5, 5.41) is 0. The molecule has 0 atom stereocenters. The van der Waals surface area contributed by atoms with Crippen LogP contribution in [0.2, 0.25) is 0 Å². The Morgan fingerprint density at radius 3 is 2.09 bits per heavy atom. The number of pyridine rings is 3. The maximum absolute atomic E-state index is 4.96. The smallest absolute Gasteiger partial charge is 0.0896 e. The van der Waals surface area contributed by atoms with Crippen molar-refractivity contribution in [2.75, 3.05) is 0 Å². The first-order chi connectivity index (χ1) is 15.3. The zero-order valence-corrected chi connectivity index (χ0v) is 19.5. The summed E-state index contributed by atoms with van der Waals surface area (Å²) in [5.74, 6) is 0. The molecule has 0 aliphatic rings. The van der Waals surface area contributed by atoms with Gasteiger partial charge in [-0.25, -0.2) is 4.98 Å². The van der Waals surface area contributed by atoms with Crippen LogP contribution in [-0.2, 0) is 27.5 Å². The van der Waals surface area contributed by atoms with E-state index in [1.807, 2.05) is 60.7 Å². The Hall–Kier alpha value is -3.42. The van der Waals surface area contributed by atoms with Gasteiger partial charge in [0.1, 0.15) is 0 Å². The van der Waals surface area contributed by atoms with E-state index in [4.69, 9.17) is 9.97 Å². The van der Waals surface area contributed by atoms with E-state index in [1.54, 1.807) is 6.20 Å². The van der Waals surface area contributed by atoms with E-state index < -0.39 is 0 Å². The summed E-state index contributed by atoms with van der Waals surface area (Å²) >= 11 is 0. The molecule has 0 N–H and O–H groups in total. The molecule has 0 amide bonds. The molecule has 5 rings (SSSR count). The first-order valence-corrected chi connectivity index (χ1v) is 10.3. The molecule has 2 aromatic carbocycles. The summed E-state index contributed by atoms with van der Waals surface area (Å²) in [6.45, 7) is 0. The van der Waals surface area contributed by atoms with Crippen molar-refractivity contribution in [2.45, 2.75) is 6.42 Å². The van der Waals surface area contributed by atoms with E-state index in [1.165, 1.54) is 0 Å². The molecule has 158 valence electrons. The molecule has 4 heteroatoms. The van der Waals surface area contributed by atoms with Gasteiger partial charge in [0.25, 0.3) is 0 Å². The van der Waals surface area contributed by atoms with Crippen LogP contribution >= 0.6 is 0 Å². The second-order valence-corrected chi connectivity index (χ2v) is 7.29. The van der Waals surface area contributed by atoms with E-state index in [0.717, 1.165) is 45.2 Å². The molecule has 3 nitrogen and oxygen atoms in total. The van der Waals surface area contributed by atoms with Crippen molar-refractivity contribution in [1.29, 1.82) is 0 Å². The van der Waals surface area contributed by atoms with Gasteiger partial charge >= 0.3 is 0 Å². The summed E-state index contributed by atoms with van der Waals surface area (Å²) in [4.78, 5) is 14.3. The minimum absolute atomic E-state index is 0. The van der Waals surface area contributed by atoms with Crippen molar-refractivity contribution in [3.63, 3.8) is 0 Å². The number of hydrogen-bond donors (Lipinski definition) is 0. The molecule has 0 aliphatic carbocycles. The molecule has 0 unspecified atom stereocenters. The standard InChI is InChI=1S/C28H20N3.Pt/c1-3-10-21(11-4-1)18-24-19-23(22-12-5-2-6-13-22)20-28(30-24)27-16-9-15-26(31-27)25-14-7-8-17-29-25;/h1-10,12-17,19-20H,18H2;/q-1;. The third kappa shape index (κ3) is 5.07. The fourth-order valence-corrected chi connectivity index (χ4v) is 3.58. The first-order valence-electron chi connectivity index (χ1n) is 10.3. The largest absolute Gasteiger partial charge is 0.255 e. The van der Waals surface area contributed by atoms with Crippen molar-refractivity contribution in [1.82, 2.24) is 15.0 Å². The minimum Gasteiger partial charge on any atom is -0.255 e. The molecule has 0 radical (unpaired) electrons. The van der Waals surface area contributed by atoms with Crippen LogP contribution in [0.15, 0.2) is 109 Å². The van der Waals surface area contributed by atoms with E-state index in [2.05, 4.69) is 53.5 Å². The molecule has 0 spiro atoms. The monoisotopic (exact) mass is 593 g/mol. The molecule has 0 saturated carbocycles. The summed E-state index contributed by atoms with van der Waals surface area (Å²) in [6.07, 6.45) is 2.50. The van der Waals surface area contributed by atoms with Crippen LogP contribution in [0.25, 0.3) is 33.9 Å². The van der Waals surface area contributed by atoms with Gasteiger partial charge in [0.15, 0.2) is 0 Å². The molecule has 3 aromatic heterocycles. The average Bonchev–Trinajstić information content (AvgIpc) is 2.86. The average molecular weight is 594 g/mol. The van der Waals surface area contributed by atoms with Gasteiger partial charge in [-0.05, 0) is 53.9 Å². The maximum Gasteiger partial charge on any atom is 0.0896 e. The van der Waals surface area contributed by atoms with Gasteiger partial charge in [-0.15, -0.1) is 0 Å². The van der Waals surface area contributed by atoms with Crippen LogP contribution in [-0.4, -0.2) is 15.0 Å². The summed E-state index contributed by atoms with van der Waals surface area (Å²) in [7, 11) is 0. The first kappa shape index (κ1) is 21.8. The minimum atomic E-state index is 0. The number of nitrogens with zero attached hydrogens (tertiary/aromatic N) is 3. The normalized spacial score (nSPS) is 10.4. The molecule has 5 aromatic rings. The zero-order valence-electron chi connectivity index (χ0n) is 17.3. The van der Waals surface area contributed by atoms with Gasteiger partial charge in [0.05, 0.1) is 22.8 Å². The Morgan fingerprint density at radius 1 is 0.594 bits per heavy atom. The second-order valence-electron chi connectivity index (χ2n) is 7.29. The van der Waals surface area contributed by atoms with Crippen LogP contribution in [0.5, 0.6) is 0 Å². The Bertz CT molecular complexity index is 1290. The molecule has 0 aliphatic heterocycles. The van der Waals surface area contributed by atoms with Crippen LogP contribution in [0.3, 0.4) is 0 Å². The topological polar surface area (TPSA) is 38.7 Å². The Kier molecular flexibility index (Phi) is 6.99.